The SMILES string of the molecule is COc1cc(C2CC=CCN(C(CN3CCCC3)c3ccccc3)C2=O)c(S(=O)(=O)N2CCOCC2)cc1OC. The number of morpholine rings is 1. The minimum absolute atomic E-state index is 0.0801. The monoisotopic (exact) mass is 569 g/mol. The van der Waals surface area contributed by atoms with E-state index in [9.17, 15) is 13.2 Å². The summed E-state index contributed by atoms with van der Waals surface area (Å²) in [5.41, 5.74) is 1.50. The topological polar surface area (TPSA) is 88.6 Å². The highest BCUT2D eigenvalue weighted by atomic mass is 32.2. The van der Waals surface area contributed by atoms with Crippen LogP contribution < -0.4 is 9.47 Å². The Kier molecular flexibility index (Phi) is 9.10. The van der Waals surface area contributed by atoms with Crippen LogP contribution in [0.5, 0.6) is 11.5 Å². The van der Waals surface area contributed by atoms with E-state index in [4.69, 9.17) is 14.2 Å². The van der Waals surface area contributed by atoms with Gasteiger partial charge in [0.1, 0.15) is 0 Å². The lowest BCUT2D eigenvalue weighted by Gasteiger charge is -2.36. The fourth-order valence-electron chi connectivity index (χ4n) is 5.92. The maximum Gasteiger partial charge on any atom is 0.243 e. The van der Waals surface area contributed by atoms with E-state index in [2.05, 4.69) is 17.0 Å². The van der Waals surface area contributed by atoms with Gasteiger partial charge in [0.25, 0.3) is 0 Å². The van der Waals surface area contributed by atoms with Gasteiger partial charge in [-0.25, -0.2) is 8.42 Å². The van der Waals surface area contributed by atoms with Gasteiger partial charge in [-0.15, -0.1) is 0 Å². The molecule has 5 rings (SSSR count). The van der Waals surface area contributed by atoms with Crippen molar-refractivity contribution in [3.8, 4) is 11.5 Å². The lowest BCUT2D eigenvalue weighted by atomic mass is 9.93. The van der Waals surface area contributed by atoms with Gasteiger partial charge in [-0.1, -0.05) is 42.5 Å². The van der Waals surface area contributed by atoms with Crippen molar-refractivity contribution in [3.05, 3.63) is 65.7 Å². The second kappa shape index (κ2) is 12.7. The third kappa shape index (κ3) is 5.90. The molecule has 2 aromatic rings. The molecule has 216 valence electrons. The van der Waals surface area contributed by atoms with E-state index in [1.807, 2.05) is 35.3 Å². The van der Waals surface area contributed by atoms with Crippen molar-refractivity contribution in [2.24, 2.45) is 0 Å². The van der Waals surface area contributed by atoms with Crippen LogP contribution in [0.4, 0.5) is 0 Å². The van der Waals surface area contributed by atoms with Crippen LogP contribution in [0.3, 0.4) is 0 Å². The summed E-state index contributed by atoms with van der Waals surface area (Å²) in [5.74, 6) is -0.0942. The Hall–Kier alpha value is -2.92. The number of carbonyl (C=O) groups excluding carboxylic acids is 1. The van der Waals surface area contributed by atoms with Crippen LogP contribution in [0.15, 0.2) is 59.5 Å². The smallest absolute Gasteiger partial charge is 0.243 e. The van der Waals surface area contributed by atoms with Gasteiger partial charge in [-0.3, -0.25) is 4.79 Å². The number of benzene rings is 2. The Bertz CT molecular complexity index is 1300. The van der Waals surface area contributed by atoms with Crippen molar-refractivity contribution in [3.63, 3.8) is 0 Å². The molecule has 1 amide bonds. The minimum atomic E-state index is -3.93. The van der Waals surface area contributed by atoms with Gasteiger partial charge >= 0.3 is 0 Å². The average Bonchev–Trinajstić information content (AvgIpc) is 3.44. The first-order valence-electron chi connectivity index (χ1n) is 14.0. The molecule has 10 heteroatoms. The van der Waals surface area contributed by atoms with Crippen LogP contribution in [0.1, 0.15) is 42.3 Å². The summed E-state index contributed by atoms with van der Waals surface area (Å²) < 4.78 is 45.9. The summed E-state index contributed by atoms with van der Waals surface area (Å²) in [6, 6.07) is 13.2. The van der Waals surface area contributed by atoms with Crippen molar-refractivity contribution < 1.29 is 27.4 Å². The third-order valence-corrected chi connectivity index (χ3v) is 10.0. The van der Waals surface area contributed by atoms with E-state index in [1.165, 1.54) is 24.6 Å². The third-order valence-electron chi connectivity index (χ3n) is 8.09. The molecule has 0 saturated carbocycles. The molecule has 0 spiro atoms. The molecule has 2 aromatic carbocycles. The molecule has 40 heavy (non-hydrogen) atoms. The number of methoxy groups -OCH3 is 2. The van der Waals surface area contributed by atoms with Crippen LogP contribution >= 0.6 is 0 Å². The van der Waals surface area contributed by atoms with E-state index < -0.39 is 15.9 Å². The van der Waals surface area contributed by atoms with Crippen molar-refractivity contribution in [1.29, 1.82) is 0 Å². The average molecular weight is 570 g/mol. The molecular formula is C30H39N3O6S. The number of hydrogen-bond donors (Lipinski definition) is 0. The van der Waals surface area contributed by atoms with E-state index in [-0.39, 0.29) is 29.9 Å². The first-order chi connectivity index (χ1) is 19.4. The molecule has 0 bridgehead atoms. The molecule has 0 aliphatic carbocycles. The van der Waals surface area contributed by atoms with Gasteiger partial charge in [0.05, 0.1) is 44.3 Å². The summed E-state index contributed by atoms with van der Waals surface area (Å²) in [6.45, 7) is 4.40. The van der Waals surface area contributed by atoms with E-state index in [0.29, 0.717) is 43.2 Å². The fourth-order valence-corrected chi connectivity index (χ4v) is 7.58. The van der Waals surface area contributed by atoms with Gasteiger partial charge in [-0.2, -0.15) is 4.31 Å². The Morgan fingerprint density at radius 3 is 2.30 bits per heavy atom. The number of allylic oxidation sites excluding steroid dienone is 1. The van der Waals surface area contributed by atoms with Crippen LogP contribution in [0, 0.1) is 0 Å². The van der Waals surface area contributed by atoms with Crippen LogP contribution in [0.25, 0.3) is 0 Å². The Morgan fingerprint density at radius 1 is 0.950 bits per heavy atom. The van der Waals surface area contributed by atoms with Crippen molar-refractivity contribution in [1.82, 2.24) is 14.1 Å². The second-order valence-corrected chi connectivity index (χ2v) is 12.4. The van der Waals surface area contributed by atoms with Gasteiger partial charge in [-0.05, 0) is 49.5 Å². The van der Waals surface area contributed by atoms with Crippen LogP contribution in [-0.4, -0.2) is 95.1 Å². The summed E-state index contributed by atoms with van der Waals surface area (Å²) in [4.78, 5) is 18.9. The molecule has 0 radical (unpaired) electrons. The number of likely N-dealkylation sites (tertiary alicyclic amines) is 1. The molecule has 9 nitrogen and oxygen atoms in total. The molecular weight excluding hydrogens is 530 g/mol. The van der Waals surface area contributed by atoms with E-state index in [1.54, 1.807) is 6.07 Å². The summed E-state index contributed by atoms with van der Waals surface area (Å²) in [6.07, 6.45) is 6.72. The highest BCUT2D eigenvalue weighted by Crippen LogP contribution is 2.41. The predicted molar refractivity (Wildman–Crippen MR) is 152 cm³/mol. The number of sulfonamides is 1. The van der Waals surface area contributed by atoms with Crippen molar-refractivity contribution in [2.75, 3.05) is 66.7 Å². The Balaban J connectivity index is 1.58. The fraction of sp³-hybridized carbons (Fsp3) is 0.500. The standard InChI is InChI=1S/C30H39N3O6S/c1-37-27-20-25(29(21-28(27)38-2)40(35,36)32-16-18-39-19-17-32)24-12-6-7-15-33(30(24)34)26(22-31-13-8-9-14-31)23-10-4-3-5-11-23/h3-7,10-11,20-21,24,26H,8-9,12-19,22H2,1-2H3. The van der Waals surface area contributed by atoms with Gasteiger partial charge in [0.2, 0.25) is 15.9 Å². The zero-order chi connectivity index (χ0) is 28.1. The molecule has 2 fully saturated rings. The second-order valence-electron chi connectivity index (χ2n) is 10.4. The van der Waals surface area contributed by atoms with E-state index >= 15 is 0 Å². The number of carbonyl (C=O) groups is 1. The Morgan fingerprint density at radius 2 is 1.62 bits per heavy atom. The first-order valence-corrected chi connectivity index (χ1v) is 15.4. The number of amides is 1. The lowest BCUT2D eigenvalue weighted by molar-refractivity contribution is -0.134. The number of nitrogens with zero attached hydrogens (tertiary/aromatic N) is 3. The van der Waals surface area contributed by atoms with Gasteiger partial charge in [0, 0.05) is 32.2 Å². The predicted octanol–water partition coefficient (Wildman–Crippen LogP) is 3.43. The summed E-state index contributed by atoms with van der Waals surface area (Å²) in [5, 5.41) is 0. The number of rotatable bonds is 9. The zero-order valence-corrected chi connectivity index (χ0v) is 24.1. The molecule has 3 aliphatic rings. The highest BCUT2D eigenvalue weighted by Gasteiger charge is 2.38. The largest absolute Gasteiger partial charge is 0.493 e. The van der Waals surface area contributed by atoms with Gasteiger partial charge in [0.15, 0.2) is 11.5 Å². The number of hydrogen-bond acceptors (Lipinski definition) is 7. The van der Waals surface area contributed by atoms with Crippen molar-refractivity contribution in [2.45, 2.75) is 36.1 Å². The van der Waals surface area contributed by atoms with Crippen LogP contribution in [0.2, 0.25) is 0 Å². The van der Waals surface area contributed by atoms with E-state index in [0.717, 1.165) is 38.0 Å². The van der Waals surface area contributed by atoms with Crippen LogP contribution in [-0.2, 0) is 19.6 Å². The quantitative estimate of drug-likeness (QED) is 0.428. The number of ether oxygens (including phenoxy) is 3. The Labute approximate surface area is 237 Å². The molecule has 3 heterocycles. The molecule has 3 aliphatic heterocycles. The lowest BCUT2D eigenvalue weighted by Crippen LogP contribution is -2.43. The highest BCUT2D eigenvalue weighted by molar-refractivity contribution is 7.89. The summed E-state index contributed by atoms with van der Waals surface area (Å²) in [7, 11) is -0.936. The molecule has 0 aromatic heterocycles. The minimum Gasteiger partial charge on any atom is -0.493 e. The molecule has 2 unspecified atom stereocenters. The molecule has 2 atom stereocenters. The zero-order valence-electron chi connectivity index (χ0n) is 23.3. The maximum atomic E-state index is 14.5. The maximum absolute atomic E-state index is 14.5. The normalized spacial score (nSPS) is 21.8. The molecule has 0 N–H and O–H groups in total. The first kappa shape index (κ1) is 28.6. The van der Waals surface area contributed by atoms with Gasteiger partial charge < -0.3 is 24.0 Å². The molecule has 2 saturated heterocycles. The van der Waals surface area contributed by atoms with Crippen molar-refractivity contribution >= 4 is 15.9 Å². The summed E-state index contributed by atoms with van der Waals surface area (Å²) >= 11 is 0.